The summed E-state index contributed by atoms with van der Waals surface area (Å²) in [6.07, 6.45) is 0.911. The predicted molar refractivity (Wildman–Crippen MR) is 93.6 cm³/mol. The molecule has 0 amide bonds. The first-order valence-corrected chi connectivity index (χ1v) is 7.88. The van der Waals surface area contributed by atoms with Gasteiger partial charge in [0.25, 0.3) is 0 Å². The average molecular weight is 380 g/mol. The number of aryl methyl sites for hydroxylation is 3. The van der Waals surface area contributed by atoms with Crippen molar-refractivity contribution in [3.8, 4) is 0 Å². The molecule has 106 valence electrons. The number of hydrogen-bond acceptors (Lipinski definition) is 2. The first-order chi connectivity index (χ1) is 9.52. The van der Waals surface area contributed by atoms with Gasteiger partial charge in [-0.15, -0.1) is 0 Å². The molecule has 2 aromatic carbocycles. The highest BCUT2D eigenvalue weighted by atomic mass is 127. The van der Waals surface area contributed by atoms with E-state index in [2.05, 4.69) is 85.2 Å². The van der Waals surface area contributed by atoms with E-state index in [4.69, 9.17) is 5.84 Å². The molecule has 0 aromatic heterocycles. The number of halogens is 1. The van der Waals surface area contributed by atoms with Gasteiger partial charge in [0.2, 0.25) is 0 Å². The van der Waals surface area contributed by atoms with Gasteiger partial charge in [0.1, 0.15) is 0 Å². The molecule has 0 aliphatic heterocycles. The van der Waals surface area contributed by atoms with Gasteiger partial charge >= 0.3 is 0 Å². The third-order valence-electron chi connectivity index (χ3n) is 3.73. The summed E-state index contributed by atoms with van der Waals surface area (Å²) in [5.74, 6) is 5.80. The van der Waals surface area contributed by atoms with Crippen LogP contribution in [0.1, 0.15) is 33.9 Å². The standard InChI is InChI=1S/C17H21IN2/c1-11-8-12(2)15(13(3)9-11)10-17(20-19)14-6-4-5-7-16(14)18/h4-9,17,20H,10,19H2,1-3H3. The van der Waals surface area contributed by atoms with Crippen molar-refractivity contribution in [3.63, 3.8) is 0 Å². The first-order valence-electron chi connectivity index (χ1n) is 6.80. The Morgan fingerprint density at radius 2 is 1.70 bits per heavy atom. The Morgan fingerprint density at radius 1 is 1.10 bits per heavy atom. The zero-order valence-corrected chi connectivity index (χ0v) is 14.4. The van der Waals surface area contributed by atoms with E-state index in [9.17, 15) is 0 Å². The lowest BCUT2D eigenvalue weighted by Crippen LogP contribution is -2.30. The van der Waals surface area contributed by atoms with Gasteiger partial charge in [-0.1, -0.05) is 35.9 Å². The Kier molecular flexibility index (Phi) is 5.18. The maximum absolute atomic E-state index is 5.80. The van der Waals surface area contributed by atoms with Crippen LogP contribution in [0, 0.1) is 24.3 Å². The number of hydrogen-bond donors (Lipinski definition) is 2. The minimum atomic E-state index is 0.142. The van der Waals surface area contributed by atoms with E-state index in [1.807, 2.05) is 0 Å². The molecule has 0 spiro atoms. The van der Waals surface area contributed by atoms with E-state index >= 15 is 0 Å². The third-order valence-corrected chi connectivity index (χ3v) is 4.71. The summed E-state index contributed by atoms with van der Waals surface area (Å²) in [5.41, 5.74) is 9.62. The van der Waals surface area contributed by atoms with Gasteiger partial charge < -0.3 is 0 Å². The van der Waals surface area contributed by atoms with Crippen LogP contribution >= 0.6 is 22.6 Å². The summed E-state index contributed by atoms with van der Waals surface area (Å²) in [4.78, 5) is 0. The van der Waals surface area contributed by atoms with E-state index in [1.165, 1.54) is 31.4 Å². The number of nitrogens with one attached hydrogen (secondary N) is 1. The second-order valence-electron chi connectivity index (χ2n) is 5.32. The molecule has 0 aliphatic carbocycles. The summed E-state index contributed by atoms with van der Waals surface area (Å²) in [6, 6.07) is 13.0. The minimum Gasteiger partial charge on any atom is -0.271 e. The Hall–Kier alpha value is -0.910. The molecule has 0 bridgehead atoms. The van der Waals surface area contributed by atoms with Crippen LogP contribution in [0.25, 0.3) is 0 Å². The third kappa shape index (κ3) is 3.40. The second-order valence-corrected chi connectivity index (χ2v) is 6.48. The monoisotopic (exact) mass is 380 g/mol. The predicted octanol–water partition coefficient (Wildman–Crippen LogP) is 3.96. The molecular formula is C17H21IN2. The summed E-state index contributed by atoms with van der Waals surface area (Å²) in [7, 11) is 0. The minimum absolute atomic E-state index is 0.142. The Balaban J connectivity index is 2.35. The first kappa shape index (κ1) is 15.5. The van der Waals surface area contributed by atoms with Crippen molar-refractivity contribution in [2.45, 2.75) is 33.2 Å². The van der Waals surface area contributed by atoms with Gasteiger partial charge in [-0.3, -0.25) is 11.3 Å². The van der Waals surface area contributed by atoms with Crippen LogP contribution in [0.5, 0.6) is 0 Å². The van der Waals surface area contributed by atoms with Gasteiger partial charge in [0.05, 0.1) is 6.04 Å². The van der Waals surface area contributed by atoms with E-state index in [0.717, 1.165) is 6.42 Å². The molecule has 1 atom stereocenters. The van der Waals surface area contributed by atoms with Crippen LogP contribution in [0.2, 0.25) is 0 Å². The van der Waals surface area contributed by atoms with Crippen LogP contribution in [0.4, 0.5) is 0 Å². The molecule has 0 aliphatic rings. The van der Waals surface area contributed by atoms with E-state index < -0.39 is 0 Å². The van der Waals surface area contributed by atoms with Crippen molar-refractivity contribution in [2.75, 3.05) is 0 Å². The molecule has 3 heteroatoms. The van der Waals surface area contributed by atoms with Crippen molar-refractivity contribution in [3.05, 3.63) is 67.8 Å². The van der Waals surface area contributed by atoms with Crippen molar-refractivity contribution in [2.24, 2.45) is 5.84 Å². The van der Waals surface area contributed by atoms with Crippen LogP contribution in [0.15, 0.2) is 36.4 Å². The number of nitrogens with two attached hydrogens (primary N) is 1. The van der Waals surface area contributed by atoms with Crippen molar-refractivity contribution in [1.82, 2.24) is 5.43 Å². The maximum Gasteiger partial charge on any atom is 0.0510 e. The number of hydrazine groups is 1. The fourth-order valence-corrected chi connectivity index (χ4v) is 3.52. The summed E-state index contributed by atoms with van der Waals surface area (Å²) >= 11 is 2.37. The van der Waals surface area contributed by atoms with E-state index in [0.29, 0.717) is 0 Å². The van der Waals surface area contributed by atoms with Gasteiger partial charge in [-0.25, -0.2) is 0 Å². The summed E-state index contributed by atoms with van der Waals surface area (Å²) < 4.78 is 1.25. The molecule has 3 N–H and O–H groups in total. The lowest BCUT2D eigenvalue weighted by atomic mass is 9.92. The maximum atomic E-state index is 5.80. The van der Waals surface area contributed by atoms with Gasteiger partial charge in [0.15, 0.2) is 0 Å². The fourth-order valence-electron chi connectivity index (χ4n) is 2.75. The van der Waals surface area contributed by atoms with Crippen molar-refractivity contribution < 1.29 is 0 Å². The molecule has 20 heavy (non-hydrogen) atoms. The SMILES string of the molecule is Cc1cc(C)c(CC(NN)c2ccccc2I)c(C)c1. The van der Waals surface area contributed by atoms with Crippen molar-refractivity contribution >= 4 is 22.6 Å². The highest BCUT2D eigenvalue weighted by Crippen LogP contribution is 2.26. The smallest absolute Gasteiger partial charge is 0.0510 e. The Labute approximate surface area is 134 Å². The molecule has 0 fully saturated rings. The zero-order valence-electron chi connectivity index (χ0n) is 12.2. The molecule has 2 rings (SSSR count). The summed E-state index contributed by atoms with van der Waals surface area (Å²) in [6.45, 7) is 6.50. The number of benzene rings is 2. The fraction of sp³-hybridized carbons (Fsp3) is 0.294. The number of rotatable bonds is 4. The van der Waals surface area contributed by atoms with E-state index in [-0.39, 0.29) is 6.04 Å². The topological polar surface area (TPSA) is 38.0 Å². The Morgan fingerprint density at radius 3 is 2.25 bits per heavy atom. The molecule has 0 saturated heterocycles. The lowest BCUT2D eigenvalue weighted by molar-refractivity contribution is 0.547. The molecule has 1 unspecified atom stereocenters. The highest BCUT2D eigenvalue weighted by molar-refractivity contribution is 14.1. The summed E-state index contributed by atoms with van der Waals surface area (Å²) in [5, 5.41) is 0. The highest BCUT2D eigenvalue weighted by Gasteiger charge is 2.15. The van der Waals surface area contributed by atoms with Crippen LogP contribution < -0.4 is 11.3 Å². The van der Waals surface area contributed by atoms with Gasteiger partial charge in [0, 0.05) is 3.57 Å². The largest absolute Gasteiger partial charge is 0.271 e. The lowest BCUT2D eigenvalue weighted by Gasteiger charge is -2.21. The quantitative estimate of drug-likeness (QED) is 0.479. The molecule has 0 saturated carbocycles. The average Bonchev–Trinajstić information content (AvgIpc) is 2.39. The van der Waals surface area contributed by atoms with Crippen LogP contribution in [0.3, 0.4) is 0 Å². The van der Waals surface area contributed by atoms with Crippen LogP contribution in [-0.2, 0) is 6.42 Å². The molecule has 2 aromatic rings. The second kappa shape index (κ2) is 6.70. The molecule has 0 heterocycles. The molecule has 0 radical (unpaired) electrons. The van der Waals surface area contributed by atoms with Crippen molar-refractivity contribution in [1.29, 1.82) is 0 Å². The molecular weight excluding hydrogens is 359 g/mol. The molecule has 2 nitrogen and oxygen atoms in total. The Bertz CT molecular complexity index is 585. The van der Waals surface area contributed by atoms with Gasteiger partial charge in [-0.05, 0) is 78.1 Å². The van der Waals surface area contributed by atoms with E-state index in [1.54, 1.807) is 0 Å². The van der Waals surface area contributed by atoms with Crippen LogP contribution in [-0.4, -0.2) is 0 Å². The zero-order chi connectivity index (χ0) is 14.7. The van der Waals surface area contributed by atoms with Gasteiger partial charge in [-0.2, -0.15) is 0 Å². The normalized spacial score (nSPS) is 12.4.